The SMILES string of the molecule is Cc1ccc(S(=O)(=O)N2C[C@@H]3[C@@H](c4ccccc4)c4cc(Br)ccc4N[C@H]3[C@@H]2Cc2ccccc2)cc1. The number of benzene rings is 4. The molecule has 0 saturated carbocycles. The Morgan fingerprint density at radius 3 is 2.27 bits per heavy atom. The lowest BCUT2D eigenvalue weighted by Crippen LogP contribution is -2.46. The highest BCUT2D eigenvalue weighted by atomic mass is 79.9. The molecule has 188 valence electrons. The second kappa shape index (κ2) is 9.75. The molecule has 0 radical (unpaired) electrons. The van der Waals surface area contributed by atoms with Crippen molar-refractivity contribution in [2.45, 2.75) is 36.2 Å². The average Bonchev–Trinajstić information content (AvgIpc) is 3.27. The van der Waals surface area contributed by atoms with Crippen LogP contribution in [0.15, 0.2) is 112 Å². The summed E-state index contributed by atoms with van der Waals surface area (Å²) in [6.45, 7) is 2.43. The van der Waals surface area contributed by atoms with Crippen molar-refractivity contribution >= 4 is 31.6 Å². The van der Waals surface area contributed by atoms with Gasteiger partial charge < -0.3 is 5.32 Å². The number of fused-ring (bicyclic) bond motifs is 2. The maximum atomic E-state index is 14.2. The van der Waals surface area contributed by atoms with Gasteiger partial charge in [-0.1, -0.05) is 94.3 Å². The number of nitrogens with zero attached hydrogens (tertiary/aromatic N) is 1. The first kappa shape index (κ1) is 24.4. The van der Waals surface area contributed by atoms with Gasteiger partial charge in [-0.15, -0.1) is 0 Å². The molecule has 4 atom stereocenters. The molecule has 0 aromatic heterocycles. The fourth-order valence-corrected chi connectivity index (χ4v) is 8.12. The summed E-state index contributed by atoms with van der Waals surface area (Å²) in [5, 5.41) is 3.79. The van der Waals surface area contributed by atoms with Crippen LogP contribution in [0.25, 0.3) is 0 Å². The van der Waals surface area contributed by atoms with Gasteiger partial charge in [-0.05, 0) is 60.4 Å². The molecule has 1 fully saturated rings. The predicted octanol–water partition coefficient (Wildman–Crippen LogP) is 6.62. The summed E-state index contributed by atoms with van der Waals surface area (Å²) in [4.78, 5) is 0.353. The van der Waals surface area contributed by atoms with Crippen LogP contribution in [0.5, 0.6) is 0 Å². The number of halogens is 1. The van der Waals surface area contributed by atoms with Crippen LogP contribution in [-0.4, -0.2) is 31.4 Å². The van der Waals surface area contributed by atoms with E-state index in [9.17, 15) is 8.42 Å². The van der Waals surface area contributed by atoms with Crippen LogP contribution in [-0.2, 0) is 16.4 Å². The van der Waals surface area contributed by atoms with E-state index in [0.717, 1.165) is 21.3 Å². The van der Waals surface area contributed by atoms with E-state index >= 15 is 0 Å². The highest BCUT2D eigenvalue weighted by molar-refractivity contribution is 9.10. The van der Waals surface area contributed by atoms with Gasteiger partial charge in [0, 0.05) is 40.6 Å². The van der Waals surface area contributed by atoms with Crippen LogP contribution >= 0.6 is 15.9 Å². The molecule has 6 rings (SSSR count). The Labute approximate surface area is 227 Å². The van der Waals surface area contributed by atoms with Crippen LogP contribution < -0.4 is 5.32 Å². The van der Waals surface area contributed by atoms with E-state index < -0.39 is 10.0 Å². The molecule has 2 heterocycles. The minimum Gasteiger partial charge on any atom is -0.380 e. The minimum atomic E-state index is -3.70. The lowest BCUT2D eigenvalue weighted by Gasteiger charge is -2.39. The first-order valence-electron chi connectivity index (χ1n) is 12.7. The number of rotatable bonds is 5. The van der Waals surface area contributed by atoms with Gasteiger partial charge >= 0.3 is 0 Å². The third-order valence-corrected chi connectivity index (χ3v) is 10.2. The largest absolute Gasteiger partial charge is 0.380 e. The molecular weight excluding hydrogens is 544 g/mol. The van der Waals surface area contributed by atoms with Crippen molar-refractivity contribution in [3.63, 3.8) is 0 Å². The van der Waals surface area contributed by atoms with Crippen LogP contribution in [0.3, 0.4) is 0 Å². The van der Waals surface area contributed by atoms with Crippen LogP contribution in [0.1, 0.15) is 28.2 Å². The lowest BCUT2D eigenvalue weighted by atomic mass is 9.73. The van der Waals surface area contributed by atoms with Crippen molar-refractivity contribution < 1.29 is 8.42 Å². The standard InChI is InChI=1S/C31H29BrN2O2S/c1-21-12-15-25(16-13-21)37(35,36)34-20-27-30(23-10-6-3-7-11-23)26-19-24(32)14-17-28(26)33-31(27)29(34)18-22-8-4-2-5-9-22/h2-17,19,27,29-31,33H,18,20H2,1H3/t27-,29+,30+,31-/m1/s1. The second-order valence-electron chi connectivity index (χ2n) is 10.1. The Bertz CT molecular complexity index is 1510. The van der Waals surface area contributed by atoms with Crippen molar-refractivity contribution in [2.24, 2.45) is 5.92 Å². The fourth-order valence-electron chi connectivity index (χ4n) is 6.06. The molecule has 1 N–H and O–H groups in total. The summed E-state index contributed by atoms with van der Waals surface area (Å²) in [6.07, 6.45) is 0.646. The molecule has 2 aliphatic heterocycles. The van der Waals surface area contributed by atoms with Gasteiger partial charge in [0.1, 0.15) is 0 Å². The average molecular weight is 574 g/mol. The Kier molecular flexibility index (Phi) is 6.43. The smallest absolute Gasteiger partial charge is 0.243 e. The summed E-state index contributed by atoms with van der Waals surface area (Å²) in [6, 6.07) is 34.1. The van der Waals surface area contributed by atoms with E-state index in [1.54, 1.807) is 16.4 Å². The molecule has 0 unspecified atom stereocenters. The van der Waals surface area contributed by atoms with Crippen LogP contribution in [0, 0.1) is 12.8 Å². The Morgan fingerprint density at radius 2 is 1.57 bits per heavy atom. The molecule has 1 saturated heterocycles. The molecule has 2 aliphatic rings. The highest BCUT2D eigenvalue weighted by Crippen LogP contribution is 2.49. The summed E-state index contributed by atoms with van der Waals surface area (Å²) in [5.74, 6) is 0.162. The predicted molar refractivity (Wildman–Crippen MR) is 152 cm³/mol. The zero-order valence-corrected chi connectivity index (χ0v) is 23.0. The van der Waals surface area contributed by atoms with Crippen molar-refractivity contribution in [1.29, 1.82) is 0 Å². The number of nitrogens with one attached hydrogen (secondary N) is 1. The number of hydrogen-bond acceptors (Lipinski definition) is 3. The molecule has 0 spiro atoms. The van der Waals surface area contributed by atoms with Crippen molar-refractivity contribution in [1.82, 2.24) is 4.31 Å². The van der Waals surface area contributed by atoms with Gasteiger partial charge in [0.25, 0.3) is 0 Å². The summed E-state index contributed by atoms with van der Waals surface area (Å²) in [7, 11) is -3.70. The van der Waals surface area contributed by atoms with Crippen LogP contribution in [0.4, 0.5) is 5.69 Å². The maximum absolute atomic E-state index is 14.2. The van der Waals surface area contributed by atoms with Gasteiger partial charge in [-0.25, -0.2) is 8.42 Å². The van der Waals surface area contributed by atoms with E-state index in [1.165, 1.54) is 11.1 Å². The van der Waals surface area contributed by atoms with E-state index in [0.29, 0.717) is 17.9 Å². The molecule has 0 amide bonds. The third-order valence-electron chi connectivity index (χ3n) is 7.81. The first-order valence-corrected chi connectivity index (χ1v) is 14.9. The summed E-state index contributed by atoms with van der Waals surface area (Å²) in [5.41, 5.74) is 5.67. The third kappa shape index (κ3) is 4.52. The molecule has 4 aromatic carbocycles. The number of anilines is 1. The first-order chi connectivity index (χ1) is 17.9. The second-order valence-corrected chi connectivity index (χ2v) is 12.9. The van der Waals surface area contributed by atoms with Crippen molar-refractivity contribution in [3.05, 3.63) is 130 Å². The van der Waals surface area contributed by atoms with Crippen molar-refractivity contribution in [3.8, 4) is 0 Å². The molecule has 6 heteroatoms. The molecule has 0 aliphatic carbocycles. The number of sulfonamides is 1. The Morgan fingerprint density at radius 1 is 0.892 bits per heavy atom. The summed E-state index contributed by atoms with van der Waals surface area (Å²) >= 11 is 3.67. The molecule has 0 bridgehead atoms. The van der Waals surface area contributed by atoms with E-state index in [-0.39, 0.29) is 23.9 Å². The van der Waals surface area contributed by atoms with E-state index in [2.05, 4.69) is 75.8 Å². The highest BCUT2D eigenvalue weighted by Gasteiger charge is 2.52. The lowest BCUT2D eigenvalue weighted by molar-refractivity contribution is 0.375. The zero-order valence-electron chi connectivity index (χ0n) is 20.6. The van der Waals surface area contributed by atoms with Crippen LogP contribution in [0.2, 0.25) is 0 Å². The van der Waals surface area contributed by atoms with Crippen molar-refractivity contribution in [2.75, 3.05) is 11.9 Å². The van der Waals surface area contributed by atoms with E-state index in [4.69, 9.17) is 0 Å². The molecule has 4 nitrogen and oxygen atoms in total. The van der Waals surface area contributed by atoms with Gasteiger partial charge in [0.05, 0.1) is 4.90 Å². The maximum Gasteiger partial charge on any atom is 0.243 e. The summed E-state index contributed by atoms with van der Waals surface area (Å²) < 4.78 is 31.1. The zero-order chi connectivity index (χ0) is 25.6. The van der Waals surface area contributed by atoms with Gasteiger partial charge in [-0.3, -0.25) is 0 Å². The topological polar surface area (TPSA) is 49.4 Å². The normalized spacial score (nSPS) is 23.2. The minimum absolute atomic E-state index is 0.0284. The Balaban J connectivity index is 1.49. The van der Waals surface area contributed by atoms with Gasteiger partial charge in [0.2, 0.25) is 10.0 Å². The fraction of sp³-hybridized carbons (Fsp3) is 0.226. The molecular formula is C31H29BrN2O2S. The van der Waals surface area contributed by atoms with Gasteiger partial charge in [0.15, 0.2) is 0 Å². The quantitative estimate of drug-likeness (QED) is 0.292. The van der Waals surface area contributed by atoms with Gasteiger partial charge in [-0.2, -0.15) is 4.31 Å². The van der Waals surface area contributed by atoms with E-state index in [1.807, 2.05) is 43.3 Å². The number of hydrogen-bond donors (Lipinski definition) is 1. The molecule has 4 aromatic rings. The Hall–Kier alpha value is -2.93. The monoisotopic (exact) mass is 572 g/mol. The molecule has 37 heavy (non-hydrogen) atoms. The number of aryl methyl sites for hydroxylation is 1.